The second-order valence-corrected chi connectivity index (χ2v) is 3.96. The molecule has 0 saturated heterocycles. The minimum absolute atomic E-state index is 0.0685. The Morgan fingerprint density at radius 3 is 2.18 bits per heavy atom. The molecule has 0 heterocycles. The molecule has 82 valence electrons. The van der Waals surface area contributed by atoms with E-state index in [1.54, 1.807) is 6.08 Å². The number of hydrogen-bond donors (Lipinski definition) is 1. The van der Waals surface area contributed by atoms with E-state index >= 15 is 0 Å². The van der Waals surface area contributed by atoms with Crippen LogP contribution in [-0.4, -0.2) is 5.78 Å². The Balaban J connectivity index is 1.96. The lowest BCUT2D eigenvalue weighted by Gasteiger charge is -2.08. The second kappa shape index (κ2) is 3.91. The highest BCUT2D eigenvalue weighted by Gasteiger charge is 2.20. The fraction of sp³-hybridized carbons (Fsp3) is 0. The van der Waals surface area contributed by atoms with Crippen molar-refractivity contribution in [2.75, 3.05) is 5.32 Å². The number of hydrogen-bond acceptors (Lipinski definition) is 2. The SMILES string of the molecule is O=C1C=C(Nc2ccccc2)c2ccccc21. The van der Waals surface area contributed by atoms with E-state index in [0.717, 1.165) is 22.5 Å². The number of ketones is 1. The molecule has 0 bridgehead atoms. The predicted octanol–water partition coefficient (Wildman–Crippen LogP) is 3.34. The molecule has 1 aliphatic rings. The molecule has 2 heteroatoms. The lowest BCUT2D eigenvalue weighted by molar-refractivity contribution is 0.105. The molecule has 0 unspecified atom stereocenters. The Hall–Kier alpha value is -2.35. The Kier molecular flexibility index (Phi) is 2.26. The number of anilines is 1. The number of fused-ring (bicyclic) bond motifs is 1. The summed E-state index contributed by atoms with van der Waals surface area (Å²) >= 11 is 0. The molecule has 0 aromatic heterocycles. The van der Waals surface area contributed by atoms with Crippen LogP contribution < -0.4 is 5.32 Å². The van der Waals surface area contributed by atoms with E-state index in [1.165, 1.54) is 0 Å². The molecule has 17 heavy (non-hydrogen) atoms. The Bertz CT molecular complexity index is 599. The summed E-state index contributed by atoms with van der Waals surface area (Å²) in [6.07, 6.45) is 1.65. The molecule has 3 rings (SSSR count). The third-order valence-electron chi connectivity index (χ3n) is 2.81. The first-order chi connectivity index (χ1) is 8.34. The number of carbonyl (C=O) groups excluding carboxylic acids is 1. The van der Waals surface area contributed by atoms with Gasteiger partial charge in [0.1, 0.15) is 0 Å². The average Bonchev–Trinajstić information content (AvgIpc) is 2.69. The number of nitrogens with one attached hydrogen (secondary N) is 1. The Morgan fingerprint density at radius 1 is 0.765 bits per heavy atom. The zero-order chi connectivity index (χ0) is 11.7. The van der Waals surface area contributed by atoms with Crippen molar-refractivity contribution in [1.82, 2.24) is 0 Å². The molecular weight excluding hydrogens is 210 g/mol. The van der Waals surface area contributed by atoms with E-state index in [-0.39, 0.29) is 5.78 Å². The molecule has 0 spiro atoms. The third kappa shape index (κ3) is 1.74. The molecule has 0 saturated carbocycles. The molecule has 1 N–H and O–H groups in total. The number of para-hydroxylation sites is 1. The maximum atomic E-state index is 11.7. The molecule has 1 aliphatic carbocycles. The summed E-state index contributed by atoms with van der Waals surface area (Å²) in [7, 11) is 0. The van der Waals surface area contributed by atoms with Crippen LogP contribution in [0.4, 0.5) is 5.69 Å². The highest BCUT2D eigenvalue weighted by atomic mass is 16.1. The van der Waals surface area contributed by atoms with Gasteiger partial charge < -0.3 is 5.32 Å². The molecule has 0 aliphatic heterocycles. The van der Waals surface area contributed by atoms with Gasteiger partial charge in [-0.15, -0.1) is 0 Å². The lowest BCUT2D eigenvalue weighted by atomic mass is 10.1. The minimum Gasteiger partial charge on any atom is -0.355 e. The van der Waals surface area contributed by atoms with E-state index in [1.807, 2.05) is 54.6 Å². The van der Waals surface area contributed by atoms with Gasteiger partial charge in [-0.1, -0.05) is 42.5 Å². The second-order valence-electron chi connectivity index (χ2n) is 3.96. The van der Waals surface area contributed by atoms with Crippen LogP contribution in [-0.2, 0) is 0 Å². The first-order valence-electron chi connectivity index (χ1n) is 5.52. The molecule has 0 amide bonds. The molecule has 0 atom stereocenters. The fourth-order valence-corrected chi connectivity index (χ4v) is 2.00. The summed E-state index contributed by atoms with van der Waals surface area (Å²) in [5, 5.41) is 3.27. The van der Waals surface area contributed by atoms with Crippen LogP contribution >= 0.6 is 0 Å². The van der Waals surface area contributed by atoms with E-state index < -0.39 is 0 Å². The topological polar surface area (TPSA) is 29.1 Å². The first kappa shape index (κ1) is 9.85. The zero-order valence-corrected chi connectivity index (χ0v) is 9.18. The number of rotatable bonds is 2. The maximum absolute atomic E-state index is 11.7. The van der Waals surface area contributed by atoms with Crippen LogP contribution in [0.1, 0.15) is 15.9 Å². The summed E-state index contributed by atoms with van der Waals surface area (Å²) in [5.74, 6) is 0.0685. The molecular formula is C15H11NO. The predicted molar refractivity (Wildman–Crippen MR) is 68.8 cm³/mol. The summed E-state index contributed by atoms with van der Waals surface area (Å²) in [5.41, 5.74) is 3.60. The van der Waals surface area contributed by atoms with Gasteiger partial charge in [-0.05, 0) is 12.1 Å². The van der Waals surface area contributed by atoms with Gasteiger partial charge in [-0.3, -0.25) is 4.79 Å². The maximum Gasteiger partial charge on any atom is 0.188 e. The summed E-state index contributed by atoms with van der Waals surface area (Å²) in [4.78, 5) is 11.7. The van der Waals surface area contributed by atoms with Gasteiger partial charge in [0.05, 0.1) is 5.70 Å². The fourth-order valence-electron chi connectivity index (χ4n) is 2.00. The summed E-state index contributed by atoms with van der Waals surface area (Å²) < 4.78 is 0. The van der Waals surface area contributed by atoms with Gasteiger partial charge in [0, 0.05) is 22.9 Å². The summed E-state index contributed by atoms with van der Waals surface area (Å²) in [6.45, 7) is 0. The van der Waals surface area contributed by atoms with Crippen molar-refractivity contribution in [3.63, 3.8) is 0 Å². The monoisotopic (exact) mass is 221 g/mol. The number of benzene rings is 2. The van der Waals surface area contributed by atoms with Crippen molar-refractivity contribution in [2.24, 2.45) is 0 Å². The Labute approximate surface area is 99.6 Å². The van der Waals surface area contributed by atoms with Gasteiger partial charge in [0.2, 0.25) is 0 Å². The van der Waals surface area contributed by atoms with Gasteiger partial charge in [-0.25, -0.2) is 0 Å². The smallest absolute Gasteiger partial charge is 0.188 e. The quantitative estimate of drug-likeness (QED) is 0.842. The highest BCUT2D eigenvalue weighted by molar-refractivity contribution is 6.17. The van der Waals surface area contributed by atoms with E-state index in [9.17, 15) is 4.79 Å². The molecule has 2 nitrogen and oxygen atoms in total. The molecule has 2 aromatic carbocycles. The number of carbonyl (C=O) groups is 1. The summed E-state index contributed by atoms with van der Waals surface area (Å²) in [6, 6.07) is 17.5. The highest BCUT2D eigenvalue weighted by Crippen LogP contribution is 2.28. The van der Waals surface area contributed by atoms with Crippen LogP contribution in [0.25, 0.3) is 5.70 Å². The van der Waals surface area contributed by atoms with Crippen molar-refractivity contribution in [3.05, 3.63) is 71.8 Å². The van der Waals surface area contributed by atoms with E-state index in [2.05, 4.69) is 5.32 Å². The zero-order valence-electron chi connectivity index (χ0n) is 9.18. The van der Waals surface area contributed by atoms with Crippen LogP contribution in [0.15, 0.2) is 60.7 Å². The van der Waals surface area contributed by atoms with Gasteiger partial charge in [0.25, 0.3) is 0 Å². The van der Waals surface area contributed by atoms with Crippen molar-refractivity contribution < 1.29 is 4.79 Å². The molecule has 0 fully saturated rings. The lowest BCUT2D eigenvalue weighted by Crippen LogP contribution is -1.96. The van der Waals surface area contributed by atoms with Gasteiger partial charge >= 0.3 is 0 Å². The third-order valence-corrected chi connectivity index (χ3v) is 2.81. The van der Waals surface area contributed by atoms with Gasteiger partial charge in [0.15, 0.2) is 5.78 Å². The standard InChI is InChI=1S/C15H11NO/c17-15-10-14(12-8-4-5-9-13(12)15)16-11-6-2-1-3-7-11/h1-10,16H. The van der Waals surface area contributed by atoms with Crippen molar-refractivity contribution >= 4 is 17.2 Å². The minimum atomic E-state index is 0.0685. The van der Waals surface area contributed by atoms with Crippen LogP contribution in [0.2, 0.25) is 0 Å². The largest absolute Gasteiger partial charge is 0.355 e. The van der Waals surface area contributed by atoms with Crippen molar-refractivity contribution in [1.29, 1.82) is 0 Å². The van der Waals surface area contributed by atoms with Crippen LogP contribution in [0.5, 0.6) is 0 Å². The first-order valence-corrected chi connectivity index (χ1v) is 5.52. The molecule has 2 aromatic rings. The Morgan fingerprint density at radius 2 is 1.41 bits per heavy atom. The van der Waals surface area contributed by atoms with Crippen molar-refractivity contribution in [2.45, 2.75) is 0 Å². The van der Waals surface area contributed by atoms with E-state index in [0.29, 0.717) is 0 Å². The van der Waals surface area contributed by atoms with Crippen LogP contribution in [0, 0.1) is 0 Å². The average molecular weight is 221 g/mol. The molecule has 0 radical (unpaired) electrons. The normalized spacial score (nSPS) is 13.2. The van der Waals surface area contributed by atoms with Gasteiger partial charge in [-0.2, -0.15) is 0 Å². The van der Waals surface area contributed by atoms with Crippen molar-refractivity contribution in [3.8, 4) is 0 Å². The van der Waals surface area contributed by atoms with E-state index in [4.69, 9.17) is 0 Å². The van der Waals surface area contributed by atoms with Crippen LogP contribution in [0.3, 0.4) is 0 Å². The number of allylic oxidation sites excluding steroid dienone is 1.